The Labute approximate surface area is 108 Å². The molecule has 18 heavy (non-hydrogen) atoms. The first-order valence-corrected chi connectivity index (χ1v) is 6.93. The fraction of sp³-hybridized carbons (Fsp3) is 0.333. The molecule has 1 aromatic rings. The Morgan fingerprint density at radius 1 is 1.44 bits per heavy atom. The van der Waals surface area contributed by atoms with E-state index in [1.807, 2.05) is 0 Å². The molecule has 0 aromatic heterocycles. The van der Waals surface area contributed by atoms with Gasteiger partial charge in [0, 0.05) is 7.05 Å². The number of nitrogens with two attached hydrogens (primary N) is 1. The molecule has 98 valence electrons. The molecule has 0 aliphatic heterocycles. The molecule has 0 saturated carbocycles. The predicted molar refractivity (Wildman–Crippen MR) is 71.6 cm³/mol. The molecule has 2 N–H and O–H groups in total. The van der Waals surface area contributed by atoms with Gasteiger partial charge in [-0.1, -0.05) is 18.1 Å². The number of hydrogen-bond acceptors (Lipinski definition) is 4. The summed E-state index contributed by atoms with van der Waals surface area (Å²) in [5, 5.41) is 0. The van der Waals surface area contributed by atoms with Crippen LogP contribution in [0, 0.1) is 12.3 Å². The average Bonchev–Trinajstić information content (AvgIpc) is 2.32. The van der Waals surface area contributed by atoms with Gasteiger partial charge in [-0.05, 0) is 12.1 Å². The maximum atomic E-state index is 11.7. The number of anilines is 1. The first-order chi connectivity index (χ1) is 8.47. The van der Waals surface area contributed by atoms with Crippen molar-refractivity contribution in [2.45, 2.75) is 0 Å². The molecule has 1 aromatic carbocycles. The van der Waals surface area contributed by atoms with Crippen molar-refractivity contribution in [2.24, 2.45) is 0 Å². The molecule has 0 fully saturated rings. The van der Waals surface area contributed by atoms with Crippen molar-refractivity contribution in [3.05, 3.63) is 24.3 Å². The van der Waals surface area contributed by atoms with Crippen molar-refractivity contribution in [1.29, 1.82) is 0 Å². The average molecular weight is 268 g/mol. The molecule has 6 heteroatoms. The fourth-order valence-corrected chi connectivity index (χ4v) is 2.13. The van der Waals surface area contributed by atoms with Crippen LogP contribution in [0.5, 0.6) is 5.75 Å². The molecular formula is C12H16N2O3S. The second-order valence-corrected chi connectivity index (χ2v) is 5.86. The van der Waals surface area contributed by atoms with Crippen molar-refractivity contribution in [1.82, 2.24) is 4.31 Å². The Balaban J connectivity index is 2.52. The Hall–Kier alpha value is -1.71. The van der Waals surface area contributed by atoms with Crippen LogP contribution in [0.1, 0.15) is 0 Å². The van der Waals surface area contributed by atoms with Crippen molar-refractivity contribution < 1.29 is 13.2 Å². The molecule has 0 spiro atoms. The molecule has 1 rings (SSSR count). The lowest BCUT2D eigenvalue weighted by molar-refractivity contribution is 0.339. The lowest BCUT2D eigenvalue weighted by atomic mass is 10.3. The minimum absolute atomic E-state index is 0.0332. The van der Waals surface area contributed by atoms with Gasteiger partial charge in [-0.25, -0.2) is 8.42 Å². The molecule has 5 nitrogen and oxygen atoms in total. The number of sulfonamides is 1. The van der Waals surface area contributed by atoms with E-state index in [1.54, 1.807) is 24.3 Å². The zero-order valence-electron chi connectivity index (χ0n) is 10.2. The topological polar surface area (TPSA) is 72.6 Å². The Bertz CT molecular complexity index is 534. The SMILES string of the molecule is C#CCN(C)S(=O)(=O)CCOc1ccccc1N. The van der Waals surface area contributed by atoms with Crippen LogP contribution in [0.15, 0.2) is 24.3 Å². The quantitative estimate of drug-likeness (QED) is 0.604. The largest absolute Gasteiger partial charge is 0.490 e. The first-order valence-electron chi connectivity index (χ1n) is 5.32. The molecule has 0 heterocycles. The van der Waals surface area contributed by atoms with Gasteiger partial charge in [0.15, 0.2) is 0 Å². The molecule has 0 radical (unpaired) electrons. The van der Waals surface area contributed by atoms with E-state index in [9.17, 15) is 8.42 Å². The number of nitrogens with zero attached hydrogens (tertiary/aromatic N) is 1. The van der Waals surface area contributed by atoms with Crippen LogP contribution < -0.4 is 10.5 Å². The summed E-state index contributed by atoms with van der Waals surface area (Å²) >= 11 is 0. The Kier molecular flexibility index (Phi) is 5.01. The van der Waals surface area contributed by atoms with Gasteiger partial charge in [0.1, 0.15) is 12.4 Å². The van der Waals surface area contributed by atoms with Crippen LogP contribution in [-0.4, -0.2) is 38.7 Å². The molecule has 0 atom stereocenters. The van der Waals surface area contributed by atoms with Gasteiger partial charge in [-0.3, -0.25) is 0 Å². The van der Waals surface area contributed by atoms with Crippen molar-refractivity contribution in [3.8, 4) is 18.1 Å². The fourth-order valence-electron chi connectivity index (χ4n) is 1.25. The van der Waals surface area contributed by atoms with Gasteiger partial charge in [-0.15, -0.1) is 6.42 Å². The highest BCUT2D eigenvalue weighted by atomic mass is 32.2. The summed E-state index contributed by atoms with van der Waals surface area (Å²) in [6.07, 6.45) is 5.06. The lowest BCUT2D eigenvalue weighted by Gasteiger charge is -2.14. The van der Waals surface area contributed by atoms with Crippen molar-refractivity contribution in [3.63, 3.8) is 0 Å². The van der Waals surface area contributed by atoms with Crippen molar-refractivity contribution in [2.75, 3.05) is 31.7 Å². The lowest BCUT2D eigenvalue weighted by Crippen LogP contribution is -2.31. The van der Waals surface area contributed by atoms with E-state index in [0.29, 0.717) is 11.4 Å². The minimum atomic E-state index is -3.38. The molecule has 0 aliphatic carbocycles. The van der Waals surface area contributed by atoms with Gasteiger partial charge >= 0.3 is 0 Å². The third kappa shape index (κ3) is 3.95. The number of hydrogen-bond donors (Lipinski definition) is 1. The highest BCUT2D eigenvalue weighted by molar-refractivity contribution is 7.89. The van der Waals surface area contributed by atoms with E-state index in [1.165, 1.54) is 7.05 Å². The first kappa shape index (κ1) is 14.4. The number of nitrogen functional groups attached to an aromatic ring is 1. The van der Waals surface area contributed by atoms with E-state index in [2.05, 4.69) is 5.92 Å². The van der Waals surface area contributed by atoms with Crippen LogP contribution in [0.4, 0.5) is 5.69 Å². The monoisotopic (exact) mass is 268 g/mol. The zero-order chi connectivity index (χ0) is 13.6. The number of terminal acetylenes is 1. The molecule has 0 aliphatic rings. The van der Waals surface area contributed by atoms with Crippen molar-refractivity contribution >= 4 is 15.7 Å². The van der Waals surface area contributed by atoms with E-state index in [-0.39, 0.29) is 18.9 Å². The maximum Gasteiger partial charge on any atom is 0.218 e. The van der Waals surface area contributed by atoms with Crippen LogP contribution in [-0.2, 0) is 10.0 Å². The maximum absolute atomic E-state index is 11.7. The van der Waals surface area contributed by atoms with Crippen LogP contribution >= 0.6 is 0 Å². The summed E-state index contributed by atoms with van der Waals surface area (Å²) in [5.41, 5.74) is 6.15. The van der Waals surface area contributed by atoms with Crippen LogP contribution in [0.25, 0.3) is 0 Å². The summed E-state index contributed by atoms with van der Waals surface area (Å²) in [6.45, 7) is 0.0846. The van der Waals surface area contributed by atoms with E-state index in [4.69, 9.17) is 16.9 Å². The molecule has 0 amide bonds. The standard InChI is InChI=1S/C12H16N2O3S/c1-3-8-14(2)18(15,16)10-9-17-12-7-5-4-6-11(12)13/h1,4-7H,8-10,13H2,2H3. The highest BCUT2D eigenvalue weighted by Gasteiger charge is 2.16. The Morgan fingerprint density at radius 3 is 2.72 bits per heavy atom. The molecular weight excluding hydrogens is 252 g/mol. The summed E-state index contributed by atoms with van der Waals surface area (Å²) in [7, 11) is -1.94. The number of rotatable bonds is 6. The minimum Gasteiger partial charge on any atom is -0.490 e. The molecule has 0 bridgehead atoms. The van der Waals surface area contributed by atoms with Gasteiger partial charge < -0.3 is 10.5 Å². The van der Waals surface area contributed by atoms with E-state index < -0.39 is 10.0 Å². The van der Waals surface area contributed by atoms with Gasteiger partial charge in [0.2, 0.25) is 10.0 Å². The van der Waals surface area contributed by atoms with Crippen LogP contribution in [0.3, 0.4) is 0 Å². The number of ether oxygens (including phenoxy) is 1. The van der Waals surface area contributed by atoms with E-state index in [0.717, 1.165) is 4.31 Å². The second-order valence-electron chi connectivity index (χ2n) is 3.66. The molecule has 0 unspecified atom stereocenters. The predicted octanol–water partition coefficient (Wildman–Crippen LogP) is 0.542. The summed E-state index contributed by atoms with van der Waals surface area (Å²) in [4.78, 5) is 0. The molecule has 0 saturated heterocycles. The van der Waals surface area contributed by atoms with Gasteiger partial charge in [-0.2, -0.15) is 4.31 Å². The summed E-state index contributed by atoms with van der Waals surface area (Å²) in [5.74, 6) is 2.62. The van der Waals surface area contributed by atoms with Crippen LogP contribution in [0.2, 0.25) is 0 Å². The Morgan fingerprint density at radius 2 is 2.11 bits per heavy atom. The third-order valence-corrected chi connectivity index (χ3v) is 4.07. The second kappa shape index (κ2) is 6.28. The zero-order valence-corrected chi connectivity index (χ0v) is 11.0. The number of benzene rings is 1. The van der Waals surface area contributed by atoms with E-state index >= 15 is 0 Å². The smallest absolute Gasteiger partial charge is 0.218 e. The third-order valence-electron chi connectivity index (χ3n) is 2.31. The number of para-hydroxylation sites is 2. The summed E-state index contributed by atoms with van der Waals surface area (Å²) < 4.78 is 29.9. The highest BCUT2D eigenvalue weighted by Crippen LogP contribution is 2.19. The summed E-state index contributed by atoms with van der Waals surface area (Å²) in [6, 6.07) is 6.92. The normalized spacial score (nSPS) is 11.2. The van der Waals surface area contributed by atoms with Gasteiger partial charge in [0.05, 0.1) is 18.0 Å². The van der Waals surface area contributed by atoms with Gasteiger partial charge in [0.25, 0.3) is 0 Å².